The fourth-order valence-corrected chi connectivity index (χ4v) is 4.84. The molecule has 0 radical (unpaired) electrons. The van der Waals surface area contributed by atoms with Gasteiger partial charge in [-0.25, -0.2) is 19.2 Å². The topological polar surface area (TPSA) is 93.2 Å². The summed E-state index contributed by atoms with van der Waals surface area (Å²) in [7, 11) is 0. The molecule has 9 nitrogen and oxygen atoms in total. The van der Waals surface area contributed by atoms with Crippen molar-refractivity contribution in [1.29, 1.82) is 0 Å². The molecule has 10 heteroatoms. The molecule has 37 heavy (non-hydrogen) atoms. The first-order valence-electron chi connectivity index (χ1n) is 11.9. The maximum absolute atomic E-state index is 15.6. The second-order valence-corrected chi connectivity index (χ2v) is 8.81. The lowest BCUT2D eigenvalue weighted by Gasteiger charge is -2.35. The average molecular weight is 493 g/mol. The van der Waals surface area contributed by atoms with Crippen LogP contribution >= 0.6 is 0 Å². The van der Waals surface area contributed by atoms with E-state index in [9.17, 15) is 4.79 Å². The van der Waals surface area contributed by atoms with E-state index in [-0.39, 0.29) is 11.6 Å². The van der Waals surface area contributed by atoms with Gasteiger partial charge in [0.05, 0.1) is 23.9 Å². The number of carbonyl (C=O) groups is 1. The monoisotopic (exact) mass is 492 g/mol. The molecule has 5 aromatic rings. The summed E-state index contributed by atoms with van der Waals surface area (Å²) in [5, 5.41) is 12.9. The maximum atomic E-state index is 15.6. The predicted octanol–water partition coefficient (Wildman–Crippen LogP) is 4.45. The van der Waals surface area contributed by atoms with Gasteiger partial charge in [-0.2, -0.15) is 4.68 Å². The van der Waals surface area contributed by atoms with E-state index < -0.39 is 11.7 Å². The zero-order valence-corrected chi connectivity index (χ0v) is 19.7. The van der Waals surface area contributed by atoms with Gasteiger partial charge in [-0.15, -0.1) is 5.10 Å². The number of nitrogens with zero attached hydrogens (tertiary/aromatic N) is 7. The van der Waals surface area contributed by atoms with Gasteiger partial charge in [0.15, 0.2) is 11.3 Å². The molecule has 1 saturated heterocycles. The Morgan fingerprint density at radius 1 is 1.14 bits per heavy atom. The zero-order chi connectivity index (χ0) is 25.4. The maximum Gasteiger partial charge on any atom is 0.262 e. The second-order valence-electron chi connectivity index (χ2n) is 8.81. The molecule has 0 saturated carbocycles. The van der Waals surface area contributed by atoms with Crippen LogP contribution in [0.15, 0.2) is 67.0 Å². The first kappa shape index (κ1) is 22.7. The van der Waals surface area contributed by atoms with E-state index >= 15 is 4.39 Å². The Morgan fingerprint density at radius 3 is 2.86 bits per heavy atom. The van der Waals surface area contributed by atoms with Gasteiger partial charge in [0.2, 0.25) is 0 Å². The molecule has 1 amide bonds. The highest BCUT2D eigenvalue weighted by Gasteiger charge is 2.32. The second kappa shape index (κ2) is 9.37. The van der Waals surface area contributed by atoms with E-state index in [0.717, 1.165) is 24.8 Å². The highest BCUT2D eigenvalue weighted by atomic mass is 19.1. The number of anilines is 1. The molecule has 1 aliphatic heterocycles. The van der Waals surface area contributed by atoms with Crippen molar-refractivity contribution in [1.82, 2.24) is 30.3 Å². The number of hydrogen-bond donors (Lipinski definition) is 1. The van der Waals surface area contributed by atoms with Crippen molar-refractivity contribution < 1.29 is 9.18 Å². The van der Waals surface area contributed by atoms with Crippen LogP contribution in [-0.2, 0) is 0 Å². The number of pyridine rings is 2. The normalized spacial score (nSPS) is 15.5. The minimum atomic E-state index is -0.693. The third kappa shape index (κ3) is 3.95. The number of rotatable bonds is 4. The van der Waals surface area contributed by atoms with Crippen molar-refractivity contribution in [3.05, 3.63) is 89.8 Å². The summed E-state index contributed by atoms with van der Waals surface area (Å²) < 4.78 is 17.0. The van der Waals surface area contributed by atoms with Crippen molar-refractivity contribution in [3.63, 3.8) is 0 Å². The molecular weight excluding hydrogens is 471 g/mol. The van der Waals surface area contributed by atoms with Crippen LogP contribution in [-0.4, -0.2) is 50.0 Å². The van der Waals surface area contributed by atoms with Crippen LogP contribution in [0, 0.1) is 12.4 Å². The number of piperidine rings is 1. The lowest BCUT2D eigenvalue weighted by atomic mass is 10.0. The highest BCUT2D eigenvalue weighted by molar-refractivity contribution is 6.13. The summed E-state index contributed by atoms with van der Waals surface area (Å²) in [6.07, 6.45) is 4.82. The van der Waals surface area contributed by atoms with E-state index in [1.165, 1.54) is 16.8 Å². The molecule has 6 rings (SSSR count). The smallest absolute Gasteiger partial charge is 0.262 e. The number of amides is 1. The third-order valence-corrected chi connectivity index (χ3v) is 6.59. The quantitative estimate of drug-likeness (QED) is 0.373. The molecule has 4 heterocycles. The first-order chi connectivity index (χ1) is 18.2. The molecule has 1 atom stereocenters. The van der Waals surface area contributed by atoms with E-state index in [0.29, 0.717) is 40.3 Å². The standard InChI is InChI=1S/C27H21FN8O/c1-29-22-7-2-5-17-11-14-32-26(24(17)22)35(19-6-3-12-30-16-19)27(37)20-10-9-18(15-21(20)28)36-25-23(33-34-36)8-4-13-31-25/h2,4-5,7-11,13-15,19,30H,3,6,12,16H2/t19-/m1/s1. The Balaban J connectivity index is 1.46. The van der Waals surface area contributed by atoms with Crippen LogP contribution in [0.5, 0.6) is 0 Å². The summed E-state index contributed by atoms with van der Waals surface area (Å²) in [5.74, 6) is -0.849. The molecule has 182 valence electrons. The lowest BCUT2D eigenvalue weighted by Crippen LogP contribution is -2.49. The number of hydrogen-bond acceptors (Lipinski definition) is 6. The minimum absolute atomic E-state index is 0.0919. The van der Waals surface area contributed by atoms with Crippen molar-refractivity contribution in [2.45, 2.75) is 18.9 Å². The van der Waals surface area contributed by atoms with E-state index in [4.69, 9.17) is 6.57 Å². The number of aromatic nitrogens is 5. The molecule has 1 fully saturated rings. The molecule has 0 aliphatic carbocycles. The van der Waals surface area contributed by atoms with Gasteiger partial charge >= 0.3 is 0 Å². The van der Waals surface area contributed by atoms with Crippen LogP contribution in [0.2, 0.25) is 0 Å². The largest absolute Gasteiger partial charge is 0.315 e. The Hall–Kier alpha value is -4.75. The van der Waals surface area contributed by atoms with Crippen LogP contribution in [0.25, 0.3) is 32.5 Å². The number of fused-ring (bicyclic) bond motifs is 2. The van der Waals surface area contributed by atoms with Crippen molar-refractivity contribution in [3.8, 4) is 5.69 Å². The highest BCUT2D eigenvalue weighted by Crippen LogP contribution is 2.36. The van der Waals surface area contributed by atoms with E-state index in [2.05, 4.69) is 30.4 Å². The molecule has 2 aromatic carbocycles. The molecule has 1 N–H and O–H groups in total. The van der Waals surface area contributed by atoms with Gasteiger partial charge in [-0.1, -0.05) is 23.4 Å². The van der Waals surface area contributed by atoms with Gasteiger partial charge in [0.25, 0.3) is 5.91 Å². The fraction of sp³-hybridized carbons (Fsp3) is 0.185. The zero-order valence-electron chi connectivity index (χ0n) is 19.7. The van der Waals surface area contributed by atoms with Crippen LogP contribution in [0.1, 0.15) is 23.2 Å². The Bertz CT molecular complexity index is 1680. The number of nitrogens with one attached hydrogen (secondary N) is 1. The van der Waals surface area contributed by atoms with Gasteiger partial charge < -0.3 is 5.32 Å². The fourth-order valence-electron chi connectivity index (χ4n) is 4.84. The molecule has 0 bridgehead atoms. The van der Waals surface area contributed by atoms with Gasteiger partial charge in [0, 0.05) is 30.4 Å². The van der Waals surface area contributed by atoms with Gasteiger partial charge in [-0.05, 0) is 55.1 Å². The minimum Gasteiger partial charge on any atom is -0.315 e. The third-order valence-electron chi connectivity index (χ3n) is 6.59. The lowest BCUT2D eigenvalue weighted by molar-refractivity contribution is 0.0968. The first-order valence-corrected chi connectivity index (χ1v) is 11.9. The SMILES string of the molecule is [C-]#[N+]c1cccc2ccnc(N(C(=O)c3ccc(-n4nnc5cccnc54)cc3F)[C@@H]3CCCNC3)c12. The van der Waals surface area contributed by atoms with Crippen LogP contribution < -0.4 is 10.2 Å². The van der Waals surface area contributed by atoms with Crippen molar-refractivity contribution in [2.75, 3.05) is 18.0 Å². The van der Waals surface area contributed by atoms with Gasteiger partial charge in [0.1, 0.15) is 17.2 Å². The molecular formula is C27H21FN8O. The number of halogens is 1. The summed E-state index contributed by atoms with van der Waals surface area (Å²) in [5.41, 5.74) is 1.77. The van der Waals surface area contributed by atoms with E-state index in [1.54, 1.807) is 53.7 Å². The number of carbonyl (C=O) groups excluding carboxylic acids is 1. The Morgan fingerprint density at radius 2 is 2.05 bits per heavy atom. The summed E-state index contributed by atoms with van der Waals surface area (Å²) in [6.45, 7) is 9.05. The Kier molecular flexibility index (Phi) is 5.75. The number of benzene rings is 2. The summed E-state index contributed by atoms with van der Waals surface area (Å²) in [6, 6.07) is 14.8. The summed E-state index contributed by atoms with van der Waals surface area (Å²) >= 11 is 0. The predicted molar refractivity (Wildman–Crippen MR) is 137 cm³/mol. The molecule has 3 aromatic heterocycles. The summed E-state index contributed by atoms with van der Waals surface area (Å²) in [4.78, 5) is 28.0. The van der Waals surface area contributed by atoms with Crippen LogP contribution in [0.4, 0.5) is 15.9 Å². The van der Waals surface area contributed by atoms with Crippen molar-refractivity contribution in [2.24, 2.45) is 0 Å². The van der Waals surface area contributed by atoms with E-state index in [1.807, 2.05) is 6.07 Å². The van der Waals surface area contributed by atoms with Crippen LogP contribution in [0.3, 0.4) is 0 Å². The average Bonchev–Trinajstić information content (AvgIpc) is 3.37. The van der Waals surface area contributed by atoms with Crippen molar-refractivity contribution >= 4 is 39.3 Å². The van der Waals surface area contributed by atoms with Gasteiger partial charge in [-0.3, -0.25) is 9.69 Å². The molecule has 0 unspecified atom stereocenters. The molecule has 1 aliphatic rings. The molecule has 0 spiro atoms. The Labute approximate surface area is 211 Å².